The van der Waals surface area contributed by atoms with E-state index in [9.17, 15) is 4.39 Å². The Balaban J connectivity index is 1.45. The molecule has 0 aliphatic carbocycles. The van der Waals surface area contributed by atoms with Gasteiger partial charge >= 0.3 is 0 Å². The smallest absolute Gasteiger partial charge is 0.294 e. The van der Waals surface area contributed by atoms with E-state index in [0.717, 1.165) is 43.2 Å². The molecule has 1 aliphatic heterocycles. The Morgan fingerprint density at radius 2 is 1.96 bits per heavy atom. The summed E-state index contributed by atoms with van der Waals surface area (Å²) in [5.74, 6) is 0.492. The van der Waals surface area contributed by atoms with E-state index in [2.05, 4.69) is 15.1 Å². The number of rotatable bonds is 6. The summed E-state index contributed by atoms with van der Waals surface area (Å²) in [7, 11) is 0. The molecular formula is C16H20FN3O2S. The van der Waals surface area contributed by atoms with E-state index in [0.29, 0.717) is 11.8 Å². The van der Waals surface area contributed by atoms with E-state index in [1.807, 2.05) is 6.92 Å². The maximum atomic E-state index is 12.9. The number of nitrogens with zero attached hydrogens (tertiary/aromatic N) is 3. The van der Waals surface area contributed by atoms with Crippen molar-refractivity contribution in [2.75, 3.05) is 19.7 Å². The van der Waals surface area contributed by atoms with Crippen molar-refractivity contribution in [3.8, 4) is 10.9 Å². The van der Waals surface area contributed by atoms with E-state index in [1.54, 1.807) is 12.1 Å². The third-order valence-electron chi connectivity index (χ3n) is 3.73. The SMILES string of the molecule is CCOc1nnc(CN2CCC(Oc3ccc(F)cc3)CC2)s1. The molecule has 0 amide bonds. The van der Waals surface area contributed by atoms with Gasteiger partial charge in [-0.25, -0.2) is 4.39 Å². The van der Waals surface area contributed by atoms with Crippen molar-refractivity contribution < 1.29 is 13.9 Å². The second-order valence-electron chi connectivity index (χ2n) is 5.44. The highest BCUT2D eigenvalue weighted by Gasteiger charge is 2.21. The van der Waals surface area contributed by atoms with Crippen LogP contribution < -0.4 is 9.47 Å². The maximum absolute atomic E-state index is 12.9. The summed E-state index contributed by atoms with van der Waals surface area (Å²) in [6.45, 7) is 5.26. The summed E-state index contributed by atoms with van der Waals surface area (Å²) in [5.41, 5.74) is 0. The number of likely N-dealkylation sites (tertiary alicyclic amines) is 1. The molecule has 0 unspecified atom stereocenters. The van der Waals surface area contributed by atoms with Crippen LogP contribution in [0, 0.1) is 5.82 Å². The summed E-state index contributed by atoms with van der Waals surface area (Å²) in [6.07, 6.45) is 2.09. The predicted molar refractivity (Wildman–Crippen MR) is 86.4 cm³/mol. The first kappa shape index (κ1) is 16.1. The van der Waals surface area contributed by atoms with Crippen molar-refractivity contribution in [3.05, 3.63) is 35.1 Å². The van der Waals surface area contributed by atoms with Crippen LogP contribution in [-0.2, 0) is 6.54 Å². The first-order valence-corrected chi connectivity index (χ1v) is 8.64. The van der Waals surface area contributed by atoms with Crippen molar-refractivity contribution in [3.63, 3.8) is 0 Å². The second kappa shape index (κ2) is 7.70. The van der Waals surface area contributed by atoms with Gasteiger partial charge in [-0.1, -0.05) is 11.3 Å². The van der Waals surface area contributed by atoms with E-state index in [-0.39, 0.29) is 11.9 Å². The van der Waals surface area contributed by atoms with Crippen LogP contribution in [0.15, 0.2) is 24.3 Å². The minimum atomic E-state index is -0.240. The van der Waals surface area contributed by atoms with Crippen LogP contribution in [0.1, 0.15) is 24.8 Å². The molecule has 0 saturated carbocycles. The van der Waals surface area contributed by atoms with E-state index < -0.39 is 0 Å². The normalized spacial score (nSPS) is 16.4. The molecule has 3 rings (SSSR count). The maximum Gasteiger partial charge on any atom is 0.294 e. The number of piperidine rings is 1. The minimum absolute atomic E-state index is 0.185. The first-order chi connectivity index (χ1) is 11.2. The molecule has 0 radical (unpaired) electrons. The first-order valence-electron chi connectivity index (χ1n) is 7.82. The topological polar surface area (TPSA) is 47.5 Å². The van der Waals surface area contributed by atoms with Gasteiger partial charge in [-0.2, -0.15) is 0 Å². The van der Waals surface area contributed by atoms with Gasteiger partial charge in [0.25, 0.3) is 5.19 Å². The van der Waals surface area contributed by atoms with Gasteiger partial charge in [-0.05, 0) is 44.0 Å². The molecule has 124 valence electrons. The molecule has 0 bridgehead atoms. The van der Waals surface area contributed by atoms with Crippen LogP contribution >= 0.6 is 11.3 Å². The number of hydrogen-bond acceptors (Lipinski definition) is 6. The zero-order valence-electron chi connectivity index (χ0n) is 13.1. The fourth-order valence-electron chi connectivity index (χ4n) is 2.57. The number of aromatic nitrogens is 2. The number of hydrogen-bond donors (Lipinski definition) is 0. The van der Waals surface area contributed by atoms with Crippen LogP contribution in [0.4, 0.5) is 4.39 Å². The number of benzene rings is 1. The fourth-order valence-corrected chi connectivity index (χ4v) is 3.35. The predicted octanol–water partition coefficient (Wildman–Crippen LogP) is 3.12. The molecular weight excluding hydrogens is 317 g/mol. The Kier molecular flexibility index (Phi) is 5.40. The molecule has 23 heavy (non-hydrogen) atoms. The van der Waals surface area contributed by atoms with Crippen molar-refractivity contribution in [2.45, 2.75) is 32.4 Å². The van der Waals surface area contributed by atoms with Crippen LogP contribution in [0.25, 0.3) is 0 Å². The Hall–Kier alpha value is -1.73. The number of ether oxygens (including phenoxy) is 2. The van der Waals surface area contributed by atoms with Crippen molar-refractivity contribution in [2.24, 2.45) is 0 Å². The third-order valence-corrected chi connectivity index (χ3v) is 4.55. The third kappa shape index (κ3) is 4.62. The summed E-state index contributed by atoms with van der Waals surface area (Å²) >= 11 is 1.50. The largest absolute Gasteiger partial charge is 0.490 e. The highest BCUT2D eigenvalue weighted by molar-refractivity contribution is 7.13. The highest BCUT2D eigenvalue weighted by atomic mass is 32.1. The lowest BCUT2D eigenvalue weighted by molar-refractivity contribution is 0.0966. The monoisotopic (exact) mass is 337 g/mol. The summed E-state index contributed by atoms with van der Waals surface area (Å²) in [5, 5.41) is 9.79. The Bertz CT molecular complexity index is 612. The molecule has 0 N–H and O–H groups in total. The van der Waals surface area contributed by atoms with Crippen LogP contribution in [-0.4, -0.2) is 40.9 Å². The molecule has 1 aromatic heterocycles. The number of halogens is 1. The lowest BCUT2D eigenvalue weighted by Gasteiger charge is -2.31. The Morgan fingerprint density at radius 3 is 2.65 bits per heavy atom. The van der Waals surface area contributed by atoms with Gasteiger partial charge in [0, 0.05) is 13.1 Å². The zero-order chi connectivity index (χ0) is 16.1. The van der Waals surface area contributed by atoms with Crippen LogP contribution in [0.5, 0.6) is 10.9 Å². The Morgan fingerprint density at radius 1 is 1.22 bits per heavy atom. The van der Waals surface area contributed by atoms with Gasteiger partial charge < -0.3 is 9.47 Å². The van der Waals surface area contributed by atoms with E-state index in [1.165, 1.54) is 23.5 Å². The highest BCUT2D eigenvalue weighted by Crippen LogP contribution is 2.23. The molecule has 5 nitrogen and oxygen atoms in total. The van der Waals surface area contributed by atoms with E-state index in [4.69, 9.17) is 9.47 Å². The van der Waals surface area contributed by atoms with Gasteiger partial charge in [-0.3, -0.25) is 4.90 Å². The second-order valence-corrected chi connectivity index (χ2v) is 6.47. The van der Waals surface area contributed by atoms with Crippen molar-refractivity contribution >= 4 is 11.3 Å². The lowest BCUT2D eigenvalue weighted by Crippen LogP contribution is -2.37. The Labute approximate surface area is 139 Å². The molecule has 7 heteroatoms. The van der Waals surface area contributed by atoms with Crippen LogP contribution in [0.3, 0.4) is 0 Å². The molecule has 2 aromatic rings. The standard InChI is InChI=1S/C16H20FN3O2S/c1-2-21-16-19-18-15(23-16)11-20-9-7-14(8-10-20)22-13-5-3-12(17)4-6-13/h3-6,14H,2,7-11H2,1H3. The average molecular weight is 337 g/mol. The summed E-state index contributed by atoms with van der Waals surface area (Å²) in [4.78, 5) is 2.35. The van der Waals surface area contributed by atoms with Gasteiger partial charge in [0.05, 0.1) is 13.2 Å². The lowest BCUT2D eigenvalue weighted by atomic mass is 10.1. The van der Waals surface area contributed by atoms with Gasteiger partial charge in [0.2, 0.25) is 0 Å². The van der Waals surface area contributed by atoms with Crippen molar-refractivity contribution in [1.82, 2.24) is 15.1 Å². The molecule has 0 spiro atoms. The molecule has 1 saturated heterocycles. The van der Waals surface area contributed by atoms with Gasteiger partial charge in [0.1, 0.15) is 22.7 Å². The summed E-state index contributed by atoms with van der Waals surface area (Å²) in [6, 6.07) is 6.21. The molecule has 0 atom stereocenters. The molecule has 1 fully saturated rings. The average Bonchev–Trinajstić information content (AvgIpc) is 2.99. The fraction of sp³-hybridized carbons (Fsp3) is 0.500. The zero-order valence-corrected chi connectivity index (χ0v) is 13.9. The van der Waals surface area contributed by atoms with Gasteiger partial charge in [0.15, 0.2) is 0 Å². The molecule has 1 aromatic carbocycles. The molecule has 1 aliphatic rings. The van der Waals surface area contributed by atoms with Gasteiger partial charge in [-0.15, -0.1) is 10.2 Å². The van der Waals surface area contributed by atoms with E-state index >= 15 is 0 Å². The quantitative estimate of drug-likeness (QED) is 0.810. The molecule has 2 heterocycles. The summed E-state index contributed by atoms with van der Waals surface area (Å²) < 4.78 is 24.1. The minimum Gasteiger partial charge on any atom is -0.490 e. The van der Waals surface area contributed by atoms with Crippen molar-refractivity contribution in [1.29, 1.82) is 0 Å². The van der Waals surface area contributed by atoms with Crippen LogP contribution in [0.2, 0.25) is 0 Å².